The zero-order valence-electron chi connectivity index (χ0n) is 12.9. The molecule has 2 aliphatic rings. The van der Waals surface area contributed by atoms with Gasteiger partial charge in [0, 0.05) is 17.0 Å². The van der Waals surface area contributed by atoms with Crippen LogP contribution in [0.2, 0.25) is 0 Å². The number of hydrogen-bond donors (Lipinski definition) is 0. The van der Waals surface area contributed by atoms with E-state index < -0.39 is 0 Å². The number of ether oxygens (including phenoxy) is 1. The van der Waals surface area contributed by atoms with Gasteiger partial charge in [-0.2, -0.15) is 0 Å². The number of pyridine rings is 1. The number of aromatic nitrogens is 1. The molecule has 23 heavy (non-hydrogen) atoms. The van der Waals surface area contributed by atoms with Crippen LogP contribution in [-0.4, -0.2) is 18.2 Å². The van der Waals surface area contributed by atoms with E-state index in [1.165, 1.54) is 16.6 Å². The average Bonchev–Trinajstić information content (AvgIpc) is 2.99. The van der Waals surface area contributed by atoms with E-state index in [0.29, 0.717) is 23.7 Å². The van der Waals surface area contributed by atoms with E-state index in [-0.39, 0.29) is 0 Å². The van der Waals surface area contributed by atoms with Gasteiger partial charge in [0.05, 0.1) is 18.7 Å². The molecule has 1 aromatic heterocycles. The predicted octanol–water partition coefficient (Wildman–Crippen LogP) is 4.38. The first-order valence-electron chi connectivity index (χ1n) is 8.40. The standard InChI is InChI=1S/C21H19NO/c1-2-7-15(8-3-1)20-16-12-23-13-17(16)21(20)19-11-10-14-6-4-5-9-18(14)22-19/h1-11,16-17,20-21H,12-13H2/t16-,17+,20?,21?/m1/s1. The van der Waals surface area contributed by atoms with Gasteiger partial charge in [-0.05, 0) is 35.4 Å². The van der Waals surface area contributed by atoms with Crippen molar-refractivity contribution < 1.29 is 4.74 Å². The first-order valence-corrected chi connectivity index (χ1v) is 8.40. The van der Waals surface area contributed by atoms with Gasteiger partial charge in [-0.1, -0.05) is 54.6 Å². The van der Waals surface area contributed by atoms with Crippen molar-refractivity contribution in [3.63, 3.8) is 0 Å². The van der Waals surface area contributed by atoms with Crippen LogP contribution in [0.25, 0.3) is 10.9 Å². The summed E-state index contributed by atoms with van der Waals surface area (Å²) >= 11 is 0. The van der Waals surface area contributed by atoms with Crippen molar-refractivity contribution >= 4 is 10.9 Å². The van der Waals surface area contributed by atoms with Crippen molar-refractivity contribution in [3.8, 4) is 0 Å². The molecular formula is C21H19NO. The van der Waals surface area contributed by atoms with Crippen LogP contribution in [0.3, 0.4) is 0 Å². The molecular weight excluding hydrogens is 282 g/mol. The Morgan fingerprint density at radius 2 is 1.48 bits per heavy atom. The molecule has 5 rings (SSSR count). The highest BCUT2D eigenvalue weighted by Crippen LogP contribution is 2.59. The number of nitrogens with zero attached hydrogens (tertiary/aromatic N) is 1. The molecule has 1 saturated carbocycles. The summed E-state index contributed by atoms with van der Waals surface area (Å²) in [7, 11) is 0. The Kier molecular flexibility index (Phi) is 2.98. The zero-order chi connectivity index (χ0) is 15.2. The molecule has 4 atom stereocenters. The minimum atomic E-state index is 0.481. The first kappa shape index (κ1) is 13.3. The van der Waals surface area contributed by atoms with Crippen LogP contribution in [0.4, 0.5) is 0 Å². The van der Waals surface area contributed by atoms with Crippen molar-refractivity contribution in [3.05, 3.63) is 78.0 Å². The summed E-state index contributed by atoms with van der Waals surface area (Å²) in [6.07, 6.45) is 0. The van der Waals surface area contributed by atoms with Gasteiger partial charge in [-0.3, -0.25) is 4.98 Å². The van der Waals surface area contributed by atoms with E-state index in [1.807, 2.05) is 0 Å². The monoisotopic (exact) mass is 301 g/mol. The van der Waals surface area contributed by atoms with Gasteiger partial charge in [0.25, 0.3) is 0 Å². The smallest absolute Gasteiger partial charge is 0.0705 e. The van der Waals surface area contributed by atoms with Gasteiger partial charge in [-0.15, -0.1) is 0 Å². The fraction of sp³-hybridized carbons (Fsp3) is 0.286. The maximum atomic E-state index is 5.79. The average molecular weight is 301 g/mol. The SMILES string of the molecule is c1ccc(C2C(c3ccc4ccccc4n3)[C@H]3COC[C@@H]23)cc1. The minimum Gasteiger partial charge on any atom is -0.381 e. The third kappa shape index (κ3) is 2.02. The summed E-state index contributed by atoms with van der Waals surface area (Å²) in [5.41, 5.74) is 3.75. The van der Waals surface area contributed by atoms with Crippen molar-refractivity contribution in [2.75, 3.05) is 13.2 Å². The van der Waals surface area contributed by atoms with Crippen molar-refractivity contribution in [2.45, 2.75) is 11.8 Å². The van der Waals surface area contributed by atoms with Crippen LogP contribution in [0.5, 0.6) is 0 Å². The van der Waals surface area contributed by atoms with Gasteiger partial charge < -0.3 is 4.74 Å². The lowest BCUT2D eigenvalue weighted by Gasteiger charge is -2.47. The second-order valence-electron chi connectivity index (χ2n) is 6.76. The summed E-state index contributed by atoms with van der Waals surface area (Å²) in [5, 5.41) is 1.21. The fourth-order valence-electron chi connectivity index (χ4n) is 4.52. The molecule has 2 aromatic carbocycles. The maximum absolute atomic E-state index is 5.79. The summed E-state index contributed by atoms with van der Waals surface area (Å²) in [6, 6.07) is 23.7. The number of para-hydroxylation sites is 1. The van der Waals surface area contributed by atoms with Crippen molar-refractivity contribution in [2.24, 2.45) is 11.8 Å². The summed E-state index contributed by atoms with van der Waals surface area (Å²) < 4.78 is 5.79. The Morgan fingerprint density at radius 1 is 0.739 bits per heavy atom. The van der Waals surface area contributed by atoms with Crippen LogP contribution >= 0.6 is 0 Å². The Balaban J connectivity index is 1.58. The Bertz CT molecular complexity index is 845. The van der Waals surface area contributed by atoms with E-state index in [1.54, 1.807) is 0 Å². The normalized spacial score (nSPS) is 29.2. The molecule has 0 bridgehead atoms. The van der Waals surface area contributed by atoms with Crippen LogP contribution in [0.15, 0.2) is 66.7 Å². The van der Waals surface area contributed by atoms with Crippen LogP contribution in [-0.2, 0) is 4.74 Å². The minimum absolute atomic E-state index is 0.481. The Hall–Kier alpha value is -2.19. The van der Waals surface area contributed by atoms with Crippen molar-refractivity contribution in [1.82, 2.24) is 4.98 Å². The summed E-state index contributed by atoms with van der Waals surface area (Å²) in [4.78, 5) is 4.98. The van der Waals surface area contributed by atoms with Gasteiger partial charge in [0.1, 0.15) is 0 Å². The molecule has 1 aliphatic heterocycles. The lowest BCUT2D eigenvalue weighted by atomic mass is 9.55. The Labute approximate surface area is 136 Å². The van der Waals surface area contributed by atoms with E-state index in [4.69, 9.17) is 9.72 Å². The molecule has 114 valence electrons. The molecule has 2 heteroatoms. The molecule has 0 spiro atoms. The molecule has 2 nitrogen and oxygen atoms in total. The molecule has 2 fully saturated rings. The fourth-order valence-corrected chi connectivity index (χ4v) is 4.52. The van der Waals surface area contributed by atoms with Crippen LogP contribution in [0.1, 0.15) is 23.1 Å². The van der Waals surface area contributed by atoms with Crippen LogP contribution < -0.4 is 0 Å². The van der Waals surface area contributed by atoms with E-state index in [9.17, 15) is 0 Å². The second kappa shape index (κ2) is 5.17. The van der Waals surface area contributed by atoms with Gasteiger partial charge in [-0.25, -0.2) is 0 Å². The molecule has 0 radical (unpaired) electrons. The molecule has 2 heterocycles. The van der Waals surface area contributed by atoms with E-state index in [2.05, 4.69) is 66.7 Å². The van der Waals surface area contributed by atoms with Crippen LogP contribution in [0, 0.1) is 11.8 Å². The lowest BCUT2D eigenvalue weighted by molar-refractivity contribution is 0.139. The third-order valence-electron chi connectivity index (χ3n) is 5.63. The summed E-state index contributed by atoms with van der Waals surface area (Å²) in [5.74, 6) is 2.29. The highest BCUT2D eigenvalue weighted by atomic mass is 16.5. The number of hydrogen-bond acceptors (Lipinski definition) is 2. The predicted molar refractivity (Wildman–Crippen MR) is 91.5 cm³/mol. The largest absolute Gasteiger partial charge is 0.381 e. The highest BCUT2D eigenvalue weighted by molar-refractivity contribution is 5.78. The first-order chi connectivity index (χ1) is 11.4. The highest BCUT2D eigenvalue weighted by Gasteiger charge is 2.54. The van der Waals surface area contributed by atoms with Gasteiger partial charge in [0.15, 0.2) is 0 Å². The lowest BCUT2D eigenvalue weighted by Crippen LogP contribution is -2.42. The van der Waals surface area contributed by atoms with Crippen molar-refractivity contribution in [1.29, 1.82) is 0 Å². The van der Waals surface area contributed by atoms with Gasteiger partial charge >= 0.3 is 0 Å². The van der Waals surface area contributed by atoms with E-state index in [0.717, 1.165) is 18.7 Å². The number of fused-ring (bicyclic) bond motifs is 2. The molecule has 1 saturated heterocycles. The van der Waals surface area contributed by atoms with E-state index >= 15 is 0 Å². The molecule has 0 N–H and O–H groups in total. The second-order valence-corrected chi connectivity index (χ2v) is 6.76. The maximum Gasteiger partial charge on any atom is 0.0705 e. The summed E-state index contributed by atoms with van der Waals surface area (Å²) in [6.45, 7) is 1.78. The molecule has 1 aliphatic carbocycles. The number of benzene rings is 2. The zero-order valence-corrected chi connectivity index (χ0v) is 12.9. The quantitative estimate of drug-likeness (QED) is 0.701. The molecule has 2 unspecified atom stereocenters. The van der Waals surface area contributed by atoms with Gasteiger partial charge in [0.2, 0.25) is 0 Å². The molecule has 0 amide bonds. The third-order valence-corrected chi connectivity index (χ3v) is 5.63. The topological polar surface area (TPSA) is 22.1 Å². The Morgan fingerprint density at radius 3 is 2.35 bits per heavy atom. The molecule has 3 aromatic rings. The number of rotatable bonds is 2.